The van der Waals surface area contributed by atoms with E-state index in [9.17, 15) is 9.90 Å². The quantitative estimate of drug-likeness (QED) is 0.786. The SMILES string of the molecule is O=c1c2ccc(-c3ccccn3)cc2nc2n1CCC(CO)C2. The number of rotatable bonds is 2. The second-order valence-electron chi connectivity index (χ2n) is 5.97. The van der Waals surface area contributed by atoms with Crippen molar-refractivity contribution in [3.8, 4) is 11.3 Å². The van der Waals surface area contributed by atoms with Crippen molar-refractivity contribution in [2.75, 3.05) is 6.61 Å². The van der Waals surface area contributed by atoms with Gasteiger partial charge in [-0.3, -0.25) is 14.3 Å². The standard InChI is InChI=1S/C18H17N3O2/c22-11-12-6-8-21-17(9-12)20-16-10-13(4-5-14(16)18(21)23)15-3-1-2-7-19-15/h1-5,7,10,12,22H,6,8-9,11H2. The summed E-state index contributed by atoms with van der Waals surface area (Å²) in [6.07, 6.45) is 3.22. The van der Waals surface area contributed by atoms with Gasteiger partial charge in [0.05, 0.1) is 16.6 Å². The molecular formula is C18H17N3O2. The molecule has 4 rings (SSSR count). The van der Waals surface area contributed by atoms with Crippen LogP contribution < -0.4 is 5.56 Å². The first-order valence-corrected chi connectivity index (χ1v) is 7.82. The highest BCUT2D eigenvalue weighted by atomic mass is 16.3. The van der Waals surface area contributed by atoms with Gasteiger partial charge < -0.3 is 5.11 Å². The molecule has 116 valence electrons. The molecular weight excluding hydrogens is 290 g/mol. The lowest BCUT2D eigenvalue weighted by molar-refractivity contribution is 0.197. The number of nitrogens with zero attached hydrogens (tertiary/aromatic N) is 3. The van der Waals surface area contributed by atoms with E-state index in [0.717, 1.165) is 23.5 Å². The summed E-state index contributed by atoms with van der Waals surface area (Å²) in [7, 11) is 0. The van der Waals surface area contributed by atoms with Crippen molar-refractivity contribution in [3.63, 3.8) is 0 Å². The van der Waals surface area contributed by atoms with Crippen LogP contribution in [0.4, 0.5) is 0 Å². The van der Waals surface area contributed by atoms with Crippen LogP contribution in [0.25, 0.3) is 22.2 Å². The molecule has 0 saturated carbocycles. The molecule has 0 saturated heterocycles. The lowest BCUT2D eigenvalue weighted by Gasteiger charge is -2.24. The van der Waals surface area contributed by atoms with Gasteiger partial charge in [0.25, 0.3) is 5.56 Å². The molecule has 0 amide bonds. The van der Waals surface area contributed by atoms with Crippen molar-refractivity contribution in [3.05, 3.63) is 58.8 Å². The molecule has 0 bridgehead atoms. The topological polar surface area (TPSA) is 68.0 Å². The lowest BCUT2D eigenvalue weighted by atomic mass is 9.98. The average molecular weight is 307 g/mol. The molecule has 23 heavy (non-hydrogen) atoms. The van der Waals surface area contributed by atoms with Crippen LogP contribution >= 0.6 is 0 Å². The molecule has 0 fully saturated rings. The second kappa shape index (κ2) is 5.59. The first kappa shape index (κ1) is 14.1. The van der Waals surface area contributed by atoms with Crippen molar-refractivity contribution >= 4 is 10.9 Å². The third-order valence-corrected chi connectivity index (χ3v) is 4.49. The molecule has 0 aliphatic carbocycles. The molecule has 0 radical (unpaired) electrons. The monoisotopic (exact) mass is 307 g/mol. The molecule has 1 aliphatic heterocycles. The van der Waals surface area contributed by atoms with E-state index in [1.54, 1.807) is 10.8 Å². The number of aromatic nitrogens is 3. The number of hydrogen-bond acceptors (Lipinski definition) is 4. The van der Waals surface area contributed by atoms with Crippen LogP contribution in [0.1, 0.15) is 12.2 Å². The lowest BCUT2D eigenvalue weighted by Crippen LogP contribution is -2.32. The van der Waals surface area contributed by atoms with E-state index in [4.69, 9.17) is 0 Å². The summed E-state index contributed by atoms with van der Waals surface area (Å²) in [5.41, 5.74) is 2.52. The van der Waals surface area contributed by atoms with Gasteiger partial charge >= 0.3 is 0 Å². The van der Waals surface area contributed by atoms with Gasteiger partial charge in [0.15, 0.2) is 0 Å². The molecule has 1 aliphatic rings. The van der Waals surface area contributed by atoms with Crippen LogP contribution in [-0.2, 0) is 13.0 Å². The van der Waals surface area contributed by atoms with Gasteiger partial charge in [-0.05, 0) is 36.6 Å². The van der Waals surface area contributed by atoms with Crippen LogP contribution in [0.2, 0.25) is 0 Å². The number of pyridine rings is 1. The molecule has 3 heterocycles. The summed E-state index contributed by atoms with van der Waals surface area (Å²) < 4.78 is 1.74. The molecule has 1 N–H and O–H groups in total. The minimum Gasteiger partial charge on any atom is -0.396 e. The van der Waals surface area contributed by atoms with Crippen molar-refractivity contribution < 1.29 is 5.11 Å². The predicted octanol–water partition coefficient (Wildman–Crippen LogP) is 2.01. The Kier molecular flexibility index (Phi) is 3.42. The van der Waals surface area contributed by atoms with Crippen LogP contribution in [-0.4, -0.2) is 26.2 Å². The predicted molar refractivity (Wildman–Crippen MR) is 88.1 cm³/mol. The Morgan fingerprint density at radius 3 is 2.96 bits per heavy atom. The maximum atomic E-state index is 12.7. The van der Waals surface area contributed by atoms with E-state index in [2.05, 4.69) is 9.97 Å². The molecule has 1 atom stereocenters. The summed E-state index contributed by atoms with van der Waals surface area (Å²) >= 11 is 0. The molecule has 2 aromatic heterocycles. The Hall–Kier alpha value is -2.53. The molecule has 5 heteroatoms. The molecule has 0 spiro atoms. The number of benzene rings is 1. The minimum atomic E-state index is 0.00830. The summed E-state index contributed by atoms with van der Waals surface area (Å²) in [6.45, 7) is 0.770. The third-order valence-electron chi connectivity index (χ3n) is 4.49. The summed E-state index contributed by atoms with van der Waals surface area (Å²) in [6, 6.07) is 11.4. The van der Waals surface area contributed by atoms with Gasteiger partial charge in [-0.1, -0.05) is 12.1 Å². The fourth-order valence-corrected chi connectivity index (χ4v) is 3.17. The summed E-state index contributed by atoms with van der Waals surface area (Å²) in [5, 5.41) is 10.0. The normalized spacial score (nSPS) is 17.2. The fourth-order valence-electron chi connectivity index (χ4n) is 3.17. The summed E-state index contributed by atoms with van der Waals surface area (Å²) in [4.78, 5) is 21.7. The Morgan fingerprint density at radius 2 is 2.17 bits per heavy atom. The molecule has 5 nitrogen and oxygen atoms in total. The zero-order chi connectivity index (χ0) is 15.8. The number of fused-ring (bicyclic) bond motifs is 2. The van der Waals surface area contributed by atoms with Gasteiger partial charge in [-0.15, -0.1) is 0 Å². The van der Waals surface area contributed by atoms with Crippen LogP contribution in [0.3, 0.4) is 0 Å². The van der Waals surface area contributed by atoms with Crippen molar-refractivity contribution in [1.82, 2.24) is 14.5 Å². The number of aliphatic hydroxyl groups is 1. The fraction of sp³-hybridized carbons (Fsp3) is 0.278. The highest BCUT2D eigenvalue weighted by Crippen LogP contribution is 2.23. The highest BCUT2D eigenvalue weighted by molar-refractivity contribution is 5.83. The van der Waals surface area contributed by atoms with Crippen LogP contribution in [0, 0.1) is 5.92 Å². The second-order valence-corrected chi connectivity index (χ2v) is 5.97. The van der Waals surface area contributed by atoms with Gasteiger partial charge in [0, 0.05) is 31.3 Å². The van der Waals surface area contributed by atoms with E-state index >= 15 is 0 Å². The largest absolute Gasteiger partial charge is 0.396 e. The third kappa shape index (κ3) is 2.43. The van der Waals surface area contributed by atoms with Crippen molar-refractivity contribution in [1.29, 1.82) is 0 Å². The Bertz CT molecular complexity index is 919. The van der Waals surface area contributed by atoms with Crippen LogP contribution in [0.15, 0.2) is 47.4 Å². The Morgan fingerprint density at radius 1 is 1.26 bits per heavy atom. The number of aliphatic hydroxyl groups excluding tert-OH is 1. The Labute approximate surface area is 133 Å². The summed E-state index contributed by atoms with van der Waals surface area (Å²) in [5.74, 6) is 0.962. The average Bonchev–Trinajstić information content (AvgIpc) is 2.61. The molecule has 1 unspecified atom stereocenters. The molecule has 1 aromatic carbocycles. The van der Waals surface area contributed by atoms with Gasteiger partial charge in [0.1, 0.15) is 5.82 Å². The zero-order valence-electron chi connectivity index (χ0n) is 12.6. The first-order valence-electron chi connectivity index (χ1n) is 7.82. The zero-order valence-corrected chi connectivity index (χ0v) is 12.6. The number of hydrogen-bond donors (Lipinski definition) is 1. The van der Waals surface area contributed by atoms with E-state index in [1.807, 2.05) is 36.4 Å². The maximum absolute atomic E-state index is 12.7. The van der Waals surface area contributed by atoms with E-state index in [-0.39, 0.29) is 18.1 Å². The van der Waals surface area contributed by atoms with E-state index in [1.165, 1.54) is 0 Å². The van der Waals surface area contributed by atoms with Crippen LogP contribution in [0.5, 0.6) is 0 Å². The van der Waals surface area contributed by atoms with Gasteiger partial charge in [-0.25, -0.2) is 4.98 Å². The van der Waals surface area contributed by atoms with Crippen molar-refractivity contribution in [2.24, 2.45) is 5.92 Å². The first-order chi connectivity index (χ1) is 11.3. The Balaban J connectivity index is 1.87. The highest BCUT2D eigenvalue weighted by Gasteiger charge is 2.21. The maximum Gasteiger partial charge on any atom is 0.261 e. The van der Waals surface area contributed by atoms with Gasteiger partial charge in [-0.2, -0.15) is 0 Å². The molecule has 3 aromatic rings. The van der Waals surface area contributed by atoms with E-state index in [0.29, 0.717) is 23.9 Å². The minimum absolute atomic E-state index is 0.00830. The smallest absolute Gasteiger partial charge is 0.261 e. The van der Waals surface area contributed by atoms with Gasteiger partial charge in [0.2, 0.25) is 0 Å². The van der Waals surface area contributed by atoms with Crippen molar-refractivity contribution in [2.45, 2.75) is 19.4 Å². The van der Waals surface area contributed by atoms with E-state index < -0.39 is 0 Å².